The minimum atomic E-state index is -1.68. The second-order valence-electron chi connectivity index (χ2n) is 6.67. The molecule has 0 unspecified atom stereocenters. The lowest BCUT2D eigenvalue weighted by molar-refractivity contribution is -0.123. The Labute approximate surface area is 158 Å². The molecule has 0 aliphatic heterocycles. The van der Waals surface area contributed by atoms with Gasteiger partial charge in [-0.3, -0.25) is 4.79 Å². The van der Waals surface area contributed by atoms with E-state index >= 15 is 0 Å². The number of aryl methyl sites for hydroxylation is 1. The molecule has 4 nitrogen and oxygen atoms in total. The lowest BCUT2D eigenvalue weighted by atomic mass is 9.90. The van der Waals surface area contributed by atoms with Crippen LogP contribution in [0.3, 0.4) is 0 Å². The Bertz CT molecular complexity index is 897. The summed E-state index contributed by atoms with van der Waals surface area (Å²) in [7, 11) is 0. The summed E-state index contributed by atoms with van der Waals surface area (Å²) in [6.07, 6.45) is 1.66. The highest BCUT2D eigenvalue weighted by Crippen LogP contribution is 2.32. The van der Waals surface area contributed by atoms with Crippen molar-refractivity contribution in [2.24, 2.45) is 5.92 Å². The maximum atomic E-state index is 13.6. The Kier molecular flexibility index (Phi) is 5.55. The lowest BCUT2D eigenvalue weighted by Gasteiger charge is -2.16. The normalized spacial score (nSPS) is 17.1. The van der Waals surface area contributed by atoms with Crippen molar-refractivity contribution in [3.8, 4) is 0 Å². The number of esters is 1. The molecular weight excluding hydrogens is 379 g/mol. The standard InChI is InChI=1S/C19H18F3NO3S/c1-9-3-6-14-11(7-9)8-15(27-14)19(25)26-10(2)18(24)23-13-5-4-12(20)16(21)17(13)22/h4-5,8-10H,3,6-7H2,1-2H3,(H,23,24)/t9-,10-/m1/s1. The molecule has 3 rings (SSSR count). The van der Waals surface area contributed by atoms with E-state index in [0.717, 1.165) is 35.8 Å². The Hall–Kier alpha value is -2.35. The highest BCUT2D eigenvalue weighted by molar-refractivity contribution is 7.14. The van der Waals surface area contributed by atoms with Gasteiger partial charge in [0, 0.05) is 4.88 Å². The van der Waals surface area contributed by atoms with Gasteiger partial charge in [-0.2, -0.15) is 0 Å². The van der Waals surface area contributed by atoms with Gasteiger partial charge in [0.25, 0.3) is 5.91 Å². The van der Waals surface area contributed by atoms with E-state index in [1.54, 1.807) is 6.07 Å². The molecule has 1 N–H and O–H groups in total. The average molecular weight is 397 g/mol. The van der Waals surface area contributed by atoms with Crippen molar-refractivity contribution in [3.63, 3.8) is 0 Å². The second-order valence-corrected chi connectivity index (χ2v) is 7.80. The van der Waals surface area contributed by atoms with Crippen LogP contribution in [-0.4, -0.2) is 18.0 Å². The third-order valence-corrected chi connectivity index (χ3v) is 5.69. The quantitative estimate of drug-likeness (QED) is 0.612. The monoisotopic (exact) mass is 397 g/mol. The molecule has 0 saturated carbocycles. The minimum absolute atomic E-state index is 0.410. The largest absolute Gasteiger partial charge is 0.448 e. The zero-order valence-electron chi connectivity index (χ0n) is 14.8. The Morgan fingerprint density at radius 1 is 1.26 bits per heavy atom. The zero-order chi connectivity index (χ0) is 19.7. The summed E-state index contributed by atoms with van der Waals surface area (Å²) in [6.45, 7) is 3.48. The van der Waals surface area contributed by atoms with Gasteiger partial charge in [0.2, 0.25) is 0 Å². The Morgan fingerprint density at radius 3 is 2.74 bits per heavy atom. The van der Waals surface area contributed by atoms with Crippen LogP contribution in [0, 0.1) is 23.4 Å². The van der Waals surface area contributed by atoms with Gasteiger partial charge in [-0.1, -0.05) is 6.92 Å². The fraction of sp³-hybridized carbons (Fsp3) is 0.368. The van der Waals surface area contributed by atoms with Crippen LogP contribution in [0.2, 0.25) is 0 Å². The molecule has 8 heteroatoms. The lowest BCUT2D eigenvalue weighted by Crippen LogP contribution is -2.30. The highest BCUT2D eigenvalue weighted by Gasteiger charge is 2.25. The molecule has 0 bridgehead atoms. The summed E-state index contributed by atoms with van der Waals surface area (Å²) in [5, 5.41) is 2.10. The fourth-order valence-corrected chi connectivity index (χ4v) is 4.03. The summed E-state index contributed by atoms with van der Waals surface area (Å²) in [6, 6.07) is 3.38. The number of benzene rings is 1. The maximum absolute atomic E-state index is 13.6. The SMILES string of the molecule is C[C@@H]1CCc2sc(C(=O)O[C@H](C)C(=O)Nc3ccc(F)c(F)c3F)cc2C1. The number of ether oxygens (including phenoxy) is 1. The number of thiophene rings is 1. The summed E-state index contributed by atoms with van der Waals surface area (Å²) in [4.78, 5) is 26.0. The first-order chi connectivity index (χ1) is 12.8. The van der Waals surface area contributed by atoms with Crippen molar-refractivity contribution in [2.45, 2.75) is 39.2 Å². The number of rotatable bonds is 4. The molecule has 27 heavy (non-hydrogen) atoms. The molecule has 1 aliphatic rings. The van der Waals surface area contributed by atoms with Gasteiger partial charge in [-0.05, 0) is 55.9 Å². The van der Waals surface area contributed by atoms with Gasteiger partial charge < -0.3 is 10.1 Å². The van der Waals surface area contributed by atoms with Gasteiger partial charge in [0.15, 0.2) is 23.6 Å². The molecule has 0 radical (unpaired) electrons. The number of fused-ring (bicyclic) bond motifs is 1. The topological polar surface area (TPSA) is 55.4 Å². The van der Waals surface area contributed by atoms with Crippen molar-refractivity contribution >= 4 is 28.9 Å². The van der Waals surface area contributed by atoms with Gasteiger partial charge >= 0.3 is 5.97 Å². The molecule has 144 valence electrons. The first kappa shape index (κ1) is 19.4. The molecule has 1 aliphatic carbocycles. The molecule has 2 atom stereocenters. The average Bonchev–Trinajstić information content (AvgIpc) is 3.05. The van der Waals surface area contributed by atoms with Gasteiger partial charge in [-0.15, -0.1) is 11.3 Å². The van der Waals surface area contributed by atoms with Gasteiger partial charge in [-0.25, -0.2) is 18.0 Å². The summed E-state index contributed by atoms with van der Waals surface area (Å²) in [5.74, 6) is -5.48. The smallest absolute Gasteiger partial charge is 0.349 e. The van der Waals surface area contributed by atoms with Gasteiger partial charge in [0.1, 0.15) is 4.88 Å². The molecule has 1 aromatic heterocycles. The van der Waals surface area contributed by atoms with Crippen LogP contribution in [0.1, 0.15) is 40.4 Å². The Balaban J connectivity index is 1.65. The first-order valence-corrected chi connectivity index (χ1v) is 9.34. The van der Waals surface area contributed by atoms with Crippen molar-refractivity contribution in [3.05, 3.63) is 51.0 Å². The number of halogens is 3. The number of hydrogen-bond donors (Lipinski definition) is 1. The number of anilines is 1. The fourth-order valence-electron chi connectivity index (χ4n) is 2.94. The number of nitrogens with one attached hydrogen (secondary N) is 1. The zero-order valence-corrected chi connectivity index (χ0v) is 15.6. The molecule has 2 aromatic rings. The number of amides is 1. The van der Waals surface area contributed by atoms with Crippen molar-refractivity contribution in [1.82, 2.24) is 0 Å². The maximum Gasteiger partial charge on any atom is 0.349 e. The van der Waals surface area contributed by atoms with Crippen LogP contribution < -0.4 is 5.32 Å². The van der Waals surface area contributed by atoms with Crippen LogP contribution in [-0.2, 0) is 22.4 Å². The number of hydrogen-bond acceptors (Lipinski definition) is 4. The molecular formula is C19H18F3NO3S. The Morgan fingerprint density at radius 2 is 2.00 bits per heavy atom. The molecule has 0 spiro atoms. The molecule has 1 heterocycles. The van der Waals surface area contributed by atoms with E-state index in [-0.39, 0.29) is 0 Å². The number of carbonyl (C=O) groups excluding carboxylic acids is 2. The van der Waals surface area contributed by atoms with Gasteiger partial charge in [0.05, 0.1) is 5.69 Å². The van der Waals surface area contributed by atoms with Crippen LogP contribution in [0.5, 0.6) is 0 Å². The van der Waals surface area contributed by atoms with Crippen LogP contribution in [0.15, 0.2) is 18.2 Å². The van der Waals surface area contributed by atoms with Crippen molar-refractivity contribution in [2.75, 3.05) is 5.32 Å². The van der Waals surface area contributed by atoms with E-state index in [4.69, 9.17) is 4.74 Å². The van der Waals surface area contributed by atoms with E-state index in [0.29, 0.717) is 16.9 Å². The molecule has 0 saturated heterocycles. The minimum Gasteiger partial charge on any atom is -0.448 e. The third kappa shape index (κ3) is 4.16. The van der Waals surface area contributed by atoms with Crippen LogP contribution >= 0.6 is 11.3 Å². The molecule has 1 amide bonds. The molecule has 0 fully saturated rings. The first-order valence-electron chi connectivity index (χ1n) is 8.53. The summed E-state index contributed by atoms with van der Waals surface area (Å²) >= 11 is 1.35. The van der Waals surface area contributed by atoms with Crippen molar-refractivity contribution < 1.29 is 27.5 Å². The summed E-state index contributed by atoms with van der Waals surface area (Å²) in [5.41, 5.74) is 0.606. The highest BCUT2D eigenvalue weighted by atomic mass is 32.1. The van der Waals surface area contributed by atoms with E-state index in [1.807, 2.05) is 0 Å². The second kappa shape index (κ2) is 7.72. The predicted octanol–water partition coefficient (Wildman–Crippen LogP) is 4.47. The molecule has 1 aromatic carbocycles. The van der Waals surface area contributed by atoms with E-state index in [1.165, 1.54) is 18.3 Å². The van der Waals surface area contributed by atoms with Crippen molar-refractivity contribution in [1.29, 1.82) is 0 Å². The van der Waals surface area contributed by atoms with E-state index < -0.39 is 41.1 Å². The van der Waals surface area contributed by atoms with Crippen LogP contribution in [0.25, 0.3) is 0 Å². The summed E-state index contributed by atoms with van der Waals surface area (Å²) < 4.78 is 44.9. The predicted molar refractivity (Wildman–Crippen MR) is 95.3 cm³/mol. The van der Waals surface area contributed by atoms with E-state index in [9.17, 15) is 22.8 Å². The number of carbonyl (C=O) groups is 2. The van der Waals surface area contributed by atoms with E-state index in [2.05, 4.69) is 12.2 Å². The van der Waals surface area contributed by atoms with Crippen LogP contribution in [0.4, 0.5) is 18.9 Å². The third-order valence-electron chi connectivity index (χ3n) is 4.48.